The number of carbonyl (C=O) groups excluding carboxylic acids is 1. The number of aromatic nitrogens is 1. The molecule has 0 aliphatic heterocycles. The van der Waals surface area contributed by atoms with E-state index in [-0.39, 0.29) is 12.0 Å². The van der Waals surface area contributed by atoms with Crippen LogP contribution in [0, 0.1) is 6.92 Å². The van der Waals surface area contributed by atoms with Crippen molar-refractivity contribution in [2.24, 2.45) is 0 Å². The summed E-state index contributed by atoms with van der Waals surface area (Å²) in [6.45, 7) is 1.77. The third-order valence-electron chi connectivity index (χ3n) is 4.81. The molecule has 0 saturated heterocycles. The summed E-state index contributed by atoms with van der Waals surface area (Å²) >= 11 is 3.36. The SMILES string of the molecule is Cc1cc(C(CC=O)(c2ccc(Br)cc2)c2ccccc2C(F)(F)F)ccn1. The van der Waals surface area contributed by atoms with Crippen molar-refractivity contribution in [2.45, 2.75) is 24.9 Å². The Kier molecular flexibility index (Phi) is 5.70. The first-order valence-corrected chi connectivity index (χ1v) is 9.38. The lowest BCUT2D eigenvalue weighted by Gasteiger charge is -2.36. The fraction of sp³-hybridized carbons (Fsp3) is 0.182. The third-order valence-corrected chi connectivity index (χ3v) is 5.34. The quantitative estimate of drug-likeness (QED) is 0.442. The number of carbonyl (C=O) groups is 1. The van der Waals surface area contributed by atoms with Crippen LogP contribution in [0.15, 0.2) is 71.3 Å². The Labute approximate surface area is 169 Å². The Balaban J connectivity index is 2.44. The number of aryl methyl sites for hydroxylation is 1. The van der Waals surface area contributed by atoms with Gasteiger partial charge in [0.1, 0.15) is 6.29 Å². The highest BCUT2D eigenvalue weighted by Crippen LogP contribution is 2.47. The van der Waals surface area contributed by atoms with Gasteiger partial charge in [0.25, 0.3) is 0 Å². The molecule has 144 valence electrons. The summed E-state index contributed by atoms with van der Waals surface area (Å²) in [5.74, 6) is 0. The summed E-state index contributed by atoms with van der Waals surface area (Å²) in [6, 6.07) is 15.9. The zero-order valence-electron chi connectivity index (χ0n) is 15.0. The maximum Gasteiger partial charge on any atom is 0.416 e. The van der Waals surface area contributed by atoms with E-state index in [4.69, 9.17) is 0 Å². The van der Waals surface area contributed by atoms with E-state index in [1.807, 2.05) is 0 Å². The number of aldehydes is 1. The average molecular weight is 448 g/mol. The maximum absolute atomic E-state index is 13.9. The largest absolute Gasteiger partial charge is 0.416 e. The zero-order chi connectivity index (χ0) is 20.4. The number of hydrogen-bond acceptors (Lipinski definition) is 2. The van der Waals surface area contributed by atoms with Crippen molar-refractivity contribution >= 4 is 22.2 Å². The maximum atomic E-state index is 13.9. The van der Waals surface area contributed by atoms with E-state index in [2.05, 4.69) is 20.9 Å². The Morgan fingerprint density at radius 2 is 1.61 bits per heavy atom. The number of alkyl halides is 3. The van der Waals surface area contributed by atoms with Crippen molar-refractivity contribution < 1.29 is 18.0 Å². The molecule has 0 aliphatic carbocycles. The number of benzene rings is 2. The van der Waals surface area contributed by atoms with Gasteiger partial charge in [-0.3, -0.25) is 4.98 Å². The van der Waals surface area contributed by atoms with E-state index < -0.39 is 17.2 Å². The summed E-state index contributed by atoms with van der Waals surface area (Å²) in [5, 5.41) is 0. The van der Waals surface area contributed by atoms with Crippen LogP contribution in [0.1, 0.15) is 34.4 Å². The van der Waals surface area contributed by atoms with E-state index in [0.717, 1.165) is 10.5 Å². The van der Waals surface area contributed by atoms with Gasteiger partial charge < -0.3 is 4.79 Å². The second-order valence-electron chi connectivity index (χ2n) is 6.51. The average Bonchev–Trinajstić information content (AvgIpc) is 2.66. The molecular formula is C22H17BrF3NO. The van der Waals surface area contributed by atoms with Crippen LogP contribution >= 0.6 is 15.9 Å². The van der Waals surface area contributed by atoms with Crippen LogP contribution in [0.3, 0.4) is 0 Å². The van der Waals surface area contributed by atoms with E-state index in [1.54, 1.807) is 55.6 Å². The van der Waals surface area contributed by atoms with Crippen LogP contribution in [0.4, 0.5) is 13.2 Å². The highest BCUT2D eigenvalue weighted by atomic mass is 79.9. The Morgan fingerprint density at radius 3 is 2.18 bits per heavy atom. The predicted octanol–water partition coefficient (Wildman–Crippen LogP) is 6.09. The van der Waals surface area contributed by atoms with Gasteiger partial charge in [-0.15, -0.1) is 0 Å². The monoisotopic (exact) mass is 447 g/mol. The Bertz CT molecular complexity index is 986. The third kappa shape index (κ3) is 3.74. The lowest BCUT2D eigenvalue weighted by molar-refractivity contribution is -0.138. The number of hydrogen-bond donors (Lipinski definition) is 0. The smallest absolute Gasteiger partial charge is 0.303 e. The summed E-state index contributed by atoms with van der Waals surface area (Å²) in [4.78, 5) is 15.9. The van der Waals surface area contributed by atoms with Gasteiger partial charge in [-0.1, -0.05) is 46.3 Å². The van der Waals surface area contributed by atoms with E-state index in [1.165, 1.54) is 12.1 Å². The second kappa shape index (κ2) is 7.87. The normalized spacial score (nSPS) is 13.8. The van der Waals surface area contributed by atoms with Gasteiger partial charge >= 0.3 is 6.18 Å². The molecule has 0 N–H and O–H groups in total. The van der Waals surface area contributed by atoms with Gasteiger partial charge in [-0.25, -0.2) is 0 Å². The molecule has 2 aromatic carbocycles. The summed E-state index contributed by atoms with van der Waals surface area (Å²) in [6.07, 6.45) is -2.46. The molecule has 1 heterocycles. The standard InChI is InChI=1S/C22H17BrF3NO/c1-15-14-17(10-12-27-15)21(11-13-28,16-6-8-18(23)9-7-16)19-4-2-3-5-20(19)22(24,25)26/h2-10,12-14H,11H2,1H3. The van der Waals surface area contributed by atoms with Crippen LogP contribution in [0.25, 0.3) is 0 Å². The van der Waals surface area contributed by atoms with Crippen molar-refractivity contribution in [1.82, 2.24) is 4.98 Å². The van der Waals surface area contributed by atoms with Crippen molar-refractivity contribution in [3.8, 4) is 0 Å². The molecule has 0 bridgehead atoms. The summed E-state index contributed by atoms with van der Waals surface area (Å²) < 4.78 is 42.5. The van der Waals surface area contributed by atoms with Gasteiger partial charge in [0.15, 0.2) is 0 Å². The molecule has 0 fully saturated rings. The van der Waals surface area contributed by atoms with Crippen LogP contribution in [-0.4, -0.2) is 11.3 Å². The van der Waals surface area contributed by atoms with Crippen molar-refractivity contribution in [1.29, 1.82) is 0 Å². The molecule has 3 rings (SSSR count). The minimum atomic E-state index is -4.55. The van der Waals surface area contributed by atoms with E-state index in [0.29, 0.717) is 23.1 Å². The number of rotatable bonds is 5. The molecular weight excluding hydrogens is 431 g/mol. The van der Waals surface area contributed by atoms with Crippen molar-refractivity contribution in [2.75, 3.05) is 0 Å². The van der Waals surface area contributed by atoms with Gasteiger partial charge in [0.05, 0.1) is 11.0 Å². The minimum Gasteiger partial charge on any atom is -0.303 e. The van der Waals surface area contributed by atoms with E-state index >= 15 is 0 Å². The number of halogens is 4. The number of nitrogens with zero attached hydrogens (tertiary/aromatic N) is 1. The second-order valence-corrected chi connectivity index (χ2v) is 7.43. The first-order chi connectivity index (χ1) is 13.3. The highest BCUT2D eigenvalue weighted by molar-refractivity contribution is 9.10. The Morgan fingerprint density at radius 1 is 0.964 bits per heavy atom. The van der Waals surface area contributed by atoms with Crippen LogP contribution in [-0.2, 0) is 16.4 Å². The lowest BCUT2D eigenvalue weighted by atomic mass is 9.66. The van der Waals surface area contributed by atoms with Gasteiger partial charge in [0.2, 0.25) is 0 Å². The molecule has 0 saturated carbocycles. The van der Waals surface area contributed by atoms with Crippen molar-refractivity contribution in [3.05, 3.63) is 99.3 Å². The lowest BCUT2D eigenvalue weighted by Crippen LogP contribution is -2.33. The fourth-order valence-electron chi connectivity index (χ4n) is 3.60. The molecule has 1 atom stereocenters. The van der Waals surface area contributed by atoms with Crippen LogP contribution in [0.2, 0.25) is 0 Å². The molecule has 1 aromatic heterocycles. The van der Waals surface area contributed by atoms with Gasteiger partial charge in [-0.2, -0.15) is 13.2 Å². The Hall–Kier alpha value is -2.47. The molecule has 0 amide bonds. The van der Waals surface area contributed by atoms with Crippen LogP contribution in [0.5, 0.6) is 0 Å². The number of pyridine rings is 1. The summed E-state index contributed by atoms with van der Waals surface area (Å²) in [7, 11) is 0. The molecule has 0 spiro atoms. The zero-order valence-corrected chi connectivity index (χ0v) is 16.6. The molecule has 2 nitrogen and oxygen atoms in total. The highest BCUT2D eigenvalue weighted by Gasteiger charge is 2.43. The first-order valence-electron chi connectivity index (χ1n) is 8.58. The summed E-state index contributed by atoms with van der Waals surface area (Å²) in [5.41, 5.74) is -0.148. The van der Waals surface area contributed by atoms with Crippen LogP contribution < -0.4 is 0 Å². The van der Waals surface area contributed by atoms with Gasteiger partial charge in [-0.05, 0) is 53.9 Å². The predicted molar refractivity (Wildman–Crippen MR) is 105 cm³/mol. The molecule has 28 heavy (non-hydrogen) atoms. The molecule has 6 heteroatoms. The topological polar surface area (TPSA) is 30.0 Å². The molecule has 1 unspecified atom stereocenters. The molecule has 3 aromatic rings. The molecule has 0 aliphatic rings. The fourth-order valence-corrected chi connectivity index (χ4v) is 3.86. The first kappa shape index (κ1) is 20.3. The minimum absolute atomic E-state index is 0.0440. The molecule has 0 radical (unpaired) electrons. The van der Waals surface area contributed by atoms with Crippen molar-refractivity contribution in [3.63, 3.8) is 0 Å². The van der Waals surface area contributed by atoms with Gasteiger partial charge in [0, 0.05) is 22.8 Å². The van der Waals surface area contributed by atoms with E-state index in [9.17, 15) is 18.0 Å².